The van der Waals surface area contributed by atoms with E-state index in [2.05, 4.69) is 11.5 Å². The molecule has 4 aromatic carbocycles. The number of rotatable bonds is 12. The summed E-state index contributed by atoms with van der Waals surface area (Å²) in [6.45, 7) is 3.10. The van der Waals surface area contributed by atoms with E-state index in [1.54, 1.807) is 6.07 Å². The number of ether oxygens (including phenoxy) is 2. The lowest BCUT2D eigenvalue weighted by Crippen LogP contribution is -2.09. The Labute approximate surface area is 227 Å². The molecule has 5 rings (SSSR count). The van der Waals surface area contributed by atoms with Crippen molar-refractivity contribution >= 4 is 33.4 Å². The Morgan fingerprint density at radius 3 is 2.46 bits per heavy atom. The number of hydrogen-bond donors (Lipinski definition) is 1. The van der Waals surface area contributed by atoms with Gasteiger partial charge in [-0.15, -0.1) is 0 Å². The summed E-state index contributed by atoms with van der Waals surface area (Å²) < 4.78 is 13.8. The van der Waals surface area contributed by atoms with Gasteiger partial charge >= 0.3 is 5.97 Å². The van der Waals surface area contributed by atoms with E-state index in [0.29, 0.717) is 23.5 Å². The van der Waals surface area contributed by atoms with Gasteiger partial charge in [0.1, 0.15) is 11.5 Å². The Hall–Kier alpha value is -4.58. The molecule has 0 radical (unpaired) electrons. The first-order valence-corrected chi connectivity index (χ1v) is 13.3. The summed E-state index contributed by atoms with van der Waals surface area (Å²) in [6, 6.07) is 26.9. The third-order valence-electron chi connectivity index (χ3n) is 6.81. The largest absolute Gasteiger partial charge is 0.493 e. The van der Waals surface area contributed by atoms with Gasteiger partial charge in [0.2, 0.25) is 0 Å². The normalized spacial score (nSPS) is 11.1. The summed E-state index contributed by atoms with van der Waals surface area (Å²) >= 11 is 0. The molecule has 0 aliphatic carbocycles. The number of nitrogens with zero attached hydrogens (tertiary/aromatic N) is 1. The topological polar surface area (TPSA) is 77.8 Å². The third kappa shape index (κ3) is 5.80. The van der Waals surface area contributed by atoms with E-state index in [4.69, 9.17) is 14.6 Å². The summed E-state index contributed by atoms with van der Waals surface area (Å²) in [5, 5.41) is 12.0. The van der Waals surface area contributed by atoms with Crippen LogP contribution in [0.15, 0.2) is 91.1 Å². The average Bonchev–Trinajstić information content (AvgIpc) is 3.38. The number of aliphatic carboxylic acids is 1. The molecule has 6 heteroatoms. The maximum atomic E-state index is 12.9. The monoisotopic (exact) mass is 521 g/mol. The number of carbonyl (C=O) groups excluding carboxylic acids is 1. The van der Waals surface area contributed by atoms with E-state index in [-0.39, 0.29) is 12.4 Å². The standard InChI is InChI=1S/C33H31NO5/c1-2-8-27-26-15-13-25(33(37)23-9-4-3-5-10-23)21-24(26)14-16-31(27)38-20-7-18-34-19-17-28-29(34)11-6-12-30(28)39-22-32(35)36/h3-6,9-17,19,21H,2,7-8,18,20,22H2,1H3,(H,35,36). The minimum absolute atomic E-state index is 0.0213. The number of aryl methyl sites for hydroxylation is 2. The predicted octanol–water partition coefficient (Wildman–Crippen LogP) is 6.91. The Balaban J connectivity index is 1.28. The van der Waals surface area contributed by atoms with Crippen LogP contribution in [0.25, 0.3) is 21.7 Å². The van der Waals surface area contributed by atoms with Gasteiger partial charge in [0, 0.05) is 34.8 Å². The van der Waals surface area contributed by atoms with Crippen LogP contribution in [0.2, 0.25) is 0 Å². The molecular weight excluding hydrogens is 490 g/mol. The maximum Gasteiger partial charge on any atom is 0.341 e. The molecule has 1 heterocycles. The second-order valence-electron chi connectivity index (χ2n) is 9.51. The van der Waals surface area contributed by atoms with E-state index in [9.17, 15) is 9.59 Å². The predicted molar refractivity (Wildman–Crippen MR) is 153 cm³/mol. The fourth-order valence-electron chi connectivity index (χ4n) is 4.99. The highest BCUT2D eigenvalue weighted by atomic mass is 16.5. The number of carboxylic acids is 1. The number of carboxylic acid groups (broad SMARTS) is 1. The molecule has 0 bridgehead atoms. The Kier molecular flexibility index (Phi) is 7.92. The van der Waals surface area contributed by atoms with Crippen molar-refractivity contribution in [3.05, 3.63) is 108 Å². The second kappa shape index (κ2) is 11.9. The molecule has 5 aromatic rings. The van der Waals surface area contributed by atoms with Crippen LogP contribution in [0.3, 0.4) is 0 Å². The molecule has 0 unspecified atom stereocenters. The van der Waals surface area contributed by atoms with Crippen molar-refractivity contribution in [1.82, 2.24) is 4.57 Å². The van der Waals surface area contributed by atoms with Crippen LogP contribution in [0.5, 0.6) is 11.5 Å². The Morgan fingerprint density at radius 1 is 0.821 bits per heavy atom. The zero-order valence-electron chi connectivity index (χ0n) is 21.9. The first kappa shape index (κ1) is 26.0. The molecule has 0 aliphatic heterocycles. The number of carbonyl (C=O) groups is 2. The number of hydrogen-bond acceptors (Lipinski definition) is 4. The zero-order valence-corrected chi connectivity index (χ0v) is 21.9. The molecule has 0 aliphatic rings. The molecular formula is C33H31NO5. The van der Waals surface area contributed by atoms with Crippen LogP contribution < -0.4 is 9.47 Å². The summed E-state index contributed by atoms with van der Waals surface area (Å²) in [4.78, 5) is 23.8. The fourth-order valence-corrected chi connectivity index (χ4v) is 4.99. The van der Waals surface area contributed by atoms with Gasteiger partial charge < -0.3 is 19.1 Å². The smallest absolute Gasteiger partial charge is 0.341 e. The van der Waals surface area contributed by atoms with Crippen LogP contribution in [-0.4, -0.2) is 34.6 Å². The van der Waals surface area contributed by atoms with Gasteiger partial charge in [0.05, 0.1) is 12.1 Å². The highest BCUT2D eigenvalue weighted by Crippen LogP contribution is 2.31. The summed E-state index contributed by atoms with van der Waals surface area (Å²) in [5.41, 5.74) is 3.53. The van der Waals surface area contributed by atoms with Crippen molar-refractivity contribution in [2.45, 2.75) is 32.7 Å². The van der Waals surface area contributed by atoms with Crippen molar-refractivity contribution in [3.63, 3.8) is 0 Å². The molecule has 1 N–H and O–H groups in total. The van der Waals surface area contributed by atoms with E-state index in [0.717, 1.165) is 53.2 Å². The molecule has 0 saturated heterocycles. The fraction of sp³-hybridized carbons (Fsp3) is 0.212. The minimum Gasteiger partial charge on any atom is -0.493 e. The summed E-state index contributed by atoms with van der Waals surface area (Å²) in [7, 11) is 0. The van der Waals surface area contributed by atoms with E-state index in [1.807, 2.05) is 85.1 Å². The summed E-state index contributed by atoms with van der Waals surface area (Å²) in [5.74, 6) is 0.473. The van der Waals surface area contributed by atoms with Crippen molar-refractivity contribution in [1.29, 1.82) is 0 Å². The van der Waals surface area contributed by atoms with Crippen molar-refractivity contribution in [2.75, 3.05) is 13.2 Å². The maximum absolute atomic E-state index is 12.9. The SMILES string of the molecule is CCCc1c(OCCCn2ccc3c(OCC(=O)O)cccc32)ccc2cc(C(=O)c3ccccc3)ccc12. The van der Waals surface area contributed by atoms with Crippen molar-refractivity contribution in [3.8, 4) is 11.5 Å². The number of aromatic nitrogens is 1. The first-order chi connectivity index (χ1) is 19.0. The highest BCUT2D eigenvalue weighted by Gasteiger charge is 2.13. The minimum atomic E-state index is -0.999. The van der Waals surface area contributed by atoms with E-state index in [1.165, 1.54) is 5.56 Å². The number of benzene rings is 4. The van der Waals surface area contributed by atoms with Crippen LogP contribution in [0.4, 0.5) is 0 Å². The highest BCUT2D eigenvalue weighted by molar-refractivity contribution is 6.10. The van der Waals surface area contributed by atoms with Gasteiger partial charge in [-0.1, -0.05) is 67.9 Å². The van der Waals surface area contributed by atoms with Gasteiger partial charge in [-0.2, -0.15) is 0 Å². The Bertz CT molecular complexity index is 1620. The lowest BCUT2D eigenvalue weighted by Gasteiger charge is -2.15. The first-order valence-electron chi connectivity index (χ1n) is 13.3. The molecule has 0 fully saturated rings. The molecule has 0 saturated carbocycles. The molecule has 0 atom stereocenters. The molecule has 6 nitrogen and oxygen atoms in total. The molecule has 0 amide bonds. The van der Waals surface area contributed by atoms with E-state index < -0.39 is 5.97 Å². The third-order valence-corrected chi connectivity index (χ3v) is 6.81. The van der Waals surface area contributed by atoms with Crippen LogP contribution >= 0.6 is 0 Å². The van der Waals surface area contributed by atoms with Gasteiger partial charge in [-0.25, -0.2) is 4.79 Å². The van der Waals surface area contributed by atoms with Gasteiger partial charge in [0.15, 0.2) is 12.4 Å². The van der Waals surface area contributed by atoms with Crippen LogP contribution in [0.1, 0.15) is 41.3 Å². The van der Waals surface area contributed by atoms with Crippen molar-refractivity contribution < 1.29 is 24.2 Å². The van der Waals surface area contributed by atoms with Crippen LogP contribution in [-0.2, 0) is 17.8 Å². The second-order valence-corrected chi connectivity index (χ2v) is 9.51. The quantitative estimate of drug-likeness (QED) is 0.143. The summed E-state index contributed by atoms with van der Waals surface area (Å²) in [6.07, 6.45) is 4.67. The number of ketones is 1. The van der Waals surface area contributed by atoms with Gasteiger partial charge in [-0.3, -0.25) is 4.79 Å². The molecule has 39 heavy (non-hydrogen) atoms. The van der Waals surface area contributed by atoms with Gasteiger partial charge in [-0.05, 0) is 53.9 Å². The number of fused-ring (bicyclic) bond motifs is 2. The van der Waals surface area contributed by atoms with Crippen molar-refractivity contribution in [2.24, 2.45) is 0 Å². The Morgan fingerprint density at radius 2 is 1.67 bits per heavy atom. The molecule has 198 valence electrons. The molecule has 1 aromatic heterocycles. The van der Waals surface area contributed by atoms with E-state index >= 15 is 0 Å². The lowest BCUT2D eigenvalue weighted by atomic mass is 9.95. The average molecular weight is 522 g/mol. The lowest BCUT2D eigenvalue weighted by molar-refractivity contribution is -0.139. The van der Waals surface area contributed by atoms with Crippen LogP contribution in [0, 0.1) is 0 Å². The zero-order chi connectivity index (χ0) is 27.2. The molecule has 0 spiro atoms. The van der Waals surface area contributed by atoms with Gasteiger partial charge in [0.25, 0.3) is 0 Å².